The highest BCUT2D eigenvalue weighted by Gasteiger charge is 2.13. The number of allylic oxidation sites excluding steroid dienone is 1. The summed E-state index contributed by atoms with van der Waals surface area (Å²) in [5, 5.41) is 0. The minimum atomic E-state index is -0.460. The Labute approximate surface area is 171 Å². The number of rotatable bonds is 8. The van der Waals surface area contributed by atoms with Gasteiger partial charge in [-0.15, -0.1) is 6.58 Å². The number of nitrogens with zero attached hydrogens (tertiary/aromatic N) is 4. The second-order valence-corrected chi connectivity index (χ2v) is 6.90. The van der Waals surface area contributed by atoms with E-state index >= 15 is 0 Å². The summed E-state index contributed by atoms with van der Waals surface area (Å²) < 4.78 is 13.4. The highest BCUT2D eigenvalue weighted by molar-refractivity contribution is 6.03. The summed E-state index contributed by atoms with van der Waals surface area (Å²) in [6.07, 6.45) is 6.98. The van der Waals surface area contributed by atoms with Gasteiger partial charge in [-0.25, -0.2) is 15.2 Å². The average molecular weight is 398 g/mol. The molecule has 7 nitrogen and oxygen atoms in total. The van der Waals surface area contributed by atoms with E-state index in [2.05, 4.69) is 27.0 Å². The van der Waals surface area contributed by atoms with E-state index in [1.165, 1.54) is 13.0 Å². The van der Waals surface area contributed by atoms with E-state index in [9.17, 15) is 4.39 Å². The van der Waals surface area contributed by atoms with Crippen molar-refractivity contribution in [2.24, 2.45) is 10.8 Å². The number of anilines is 1. The Bertz CT molecular complexity index is 884. The standard InChI is InChI=1S/C21H28FN7/c1-5-6-17(9-14(2)22)27-21(28-24)19-10-16(12-26-20(19)23)15-7-8-18(25-11-15)13-29(3)4/h5,7-12,17H,1,6,13,24H2,2-4H3,(H2,23,26)(H,27,28)/b14-9+. The van der Waals surface area contributed by atoms with E-state index in [-0.39, 0.29) is 11.6 Å². The monoisotopic (exact) mass is 397 g/mol. The molecule has 2 rings (SSSR count). The number of amidine groups is 1. The molecule has 0 bridgehead atoms. The molecular formula is C21H28FN7. The molecule has 0 radical (unpaired) electrons. The molecule has 0 spiro atoms. The molecule has 8 heteroatoms. The van der Waals surface area contributed by atoms with Crippen LogP contribution in [0.3, 0.4) is 0 Å². The average Bonchev–Trinajstić information content (AvgIpc) is 2.66. The molecule has 0 saturated heterocycles. The topological polar surface area (TPSA) is 105 Å². The van der Waals surface area contributed by atoms with Gasteiger partial charge in [-0.05, 0) is 45.6 Å². The van der Waals surface area contributed by atoms with Crippen LogP contribution in [0.2, 0.25) is 0 Å². The van der Waals surface area contributed by atoms with Crippen molar-refractivity contribution in [2.45, 2.75) is 25.9 Å². The smallest absolute Gasteiger partial charge is 0.146 e. The summed E-state index contributed by atoms with van der Waals surface area (Å²) in [5.41, 5.74) is 11.8. The number of nitrogens with two attached hydrogens (primary N) is 2. The Hall–Kier alpha value is -3.10. The van der Waals surface area contributed by atoms with Crippen LogP contribution in [0.15, 0.2) is 60.1 Å². The zero-order valence-corrected chi connectivity index (χ0v) is 17.1. The van der Waals surface area contributed by atoms with Crippen LogP contribution in [0.25, 0.3) is 11.1 Å². The number of hydrogen-bond acceptors (Lipinski definition) is 6. The van der Waals surface area contributed by atoms with E-state index in [1.54, 1.807) is 18.5 Å². The van der Waals surface area contributed by atoms with Crippen LogP contribution in [-0.4, -0.2) is 40.8 Å². The third-order valence-corrected chi connectivity index (χ3v) is 4.07. The maximum absolute atomic E-state index is 13.4. The summed E-state index contributed by atoms with van der Waals surface area (Å²) in [7, 11) is 3.98. The zero-order valence-electron chi connectivity index (χ0n) is 17.1. The lowest BCUT2D eigenvalue weighted by Gasteiger charge is -2.14. The van der Waals surface area contributed by atoms with Crippen molar-refractivity contribution in [1.82, 2.24) is 20.3 Å². The molecule has 0 saturated carbocycles. The van der Waals surface area contributed by atoms with Gasteiger partial charge in [-0.1, -0.05) is 12.1 Å². The number of aliphatic imine (C=N–C) groups is 1. The Morgan fingerprint density at radius 2 is 2.03 bits per heavy atom. The summed E-state index contributed by atoms with van der Waals surface area (Å²) in [4.78, 5) is 15.3. The second-order valence-electron chi connectivity index (χ2n) is 6.90. The Morgan fingerprint density at radius 3 is 2.59 bits per heavy atom. The molecule has 0 aliphatic heterocycles. The molecule has 2 heterocycles. The van der Waals surface area contributed by atoms with Gasteiger partial charge in [0.2, 0.25) is 0 Å². The Morgan fingerprint density at radius 1 is 1.31 bits per heavy atom. The predicted molar refractivity (Wildman–Crippen MR) is 117 cm³/mol. The summed E-state index contributed by atoms with van der Waals surface area (Å²) in [5.74, 6) is 5.93. The lowest BCUT2D eigenvalue weighted by atomic mass is 10.1. The molecule has 2 aromatic heterocycles. The van der Waals surface area contributed by atoms with Crippen LogP contribution in [-0.2, 0) is 6.54 Å². The van der Waals surface area contributed by atoms with Crippen LogP contribution >= 0.6 is 0 Å². The van der Waals surface area contributed by atoms with Crippen molar-refractivity contribution in [2.75, 3.05) is 19.8 Å². The van der Waals surface area contributed by atoms with Crippen LogP contribution < -0.4 is 17.0 Å². The predicted octanol–water partition coefficient (Wildman–Crippen LogP) is 2.82. The molecule has 1 atom stereocenters. The fourth-order valence-electron chi connectivity index (χ4n) is 2.78. The van der Waals surface area contributed by atoms with Crippen LogP contribution in [0.5, 0.6) is 0 Å². The molecule has 0 aromatic carbocycles. The SMILES string of the molecule is C=CCC(/C=C(\C)F)N=C(NN)c1cc(-c2ccc(CN(C)C)nc2)cnc1N. The third-order valence-electron chi connectivity index (χ3n) is 4.07. The van der Waals surface area contributed by atoms with Gasteiger partial charge in [0, 0.05) is 30.1 Å². The Balaban J connectivity index is 2.41. The first-order valence-corrected chi connectivity index (χ1v) is 9.19. The Kier molecular flexibility index (Phi) is 7.99. The number of pyridine rings is 2. The number of hydrazine groups is 1. The van der Waals surface area contributed by atoms with Crippen molar-refractivity contribution in [3.8, 4) is 11.1 Å². The van der Waals surface area contributed by atoms with E-state index < -0.39 is 6.04 Å². The lowest BCUT2D eigenvalue weighted by Crippen LogP contribution is -2.33. The molecular weight excluding hydrogens is 369 g/mol. The normalized spacial score (nSPS) is 13.4. The van der Waals surface area contributed by atoms with E-state index in [0.717, 1.165) is 23.4 Å². The molecule has 0 amide bonds. The van der Waals surface area contributed by atoms with Gasteiger partial charge < -0.3 is 16.1 Å². The summed E-state index contributed by atoms with van der Waals surface area (Å²) in [6.45, 7) is 5.81. The molecule has 0 aliphatic carbocycles. The van der Waals surface area contributed by atoms with Gasteiger partial charge in [0.15, 0.2) is 0 Å². The number of nitrogen functional groups attached to an aromatic ring is 1. The van der Waals surface area contributed by atoms with Crippen LogP contribution in [0.4, 0.5) is 10.2 Å². The zero-order chi connectivity index (χ0) is 21.4. The van der Waals surface area contributed by atoms with Gasteiger partial charge >= 0.3 is 0 Å². The van der Waals surface area contributed by atoms with E-state index in [0.29, 0.717) is 17.8 Å². The van der Waals surface area contributed by atoms with Crippen molar-refractivity contribution >= 4 is 11.7 Å². The minimum absolute atomic E-state index is 0.265. The summed E-state index contributed by atoms with van der Waals surface area (Å²) >= 11 is 0. The minimum Gasteiger partial charge on any atom is -0.383 e. The van der Waals surface area contributed by atoms with Gasteiger partial charge in [-0.3, -0.25) is 9.98 Å². The van der Waals surface area contributed by atoms with Gasteiger partial charge in [0.1, 0.15) is 11.7 Å². The quantitative estimate of drug-likeness (QED) is 0.208. The van der Waals surface area contributed by atoms with E-state index in [1.807, 2.05) is 37.2 Å². The van der Waals surface area contributed by atoms with Crippen molar-refractivity contribution in [3.05, 3.63) is 66.4 Å². The first kappa shape index (κ1) is 22.2. The maximum Gasteiger partial charge on any atom is 0.146 e. The molecule has 1 unspecified atom stereocenters. The maximum atomic E-state index is 13.4. The van der Waals surface area contributed by atoms with Gasteiger partial charge in [0.05, 0.1) is 23.1 Å². The molecule has 2 aromatic rings. The number of halogens is 1. The van der Waals surface area contributed by atoms with Gasteiger partial charge in [-0.2, -0.15) is 0 Å². The molecule has 29 heavy (non-hydrogen) atoms. The summed E-state index contributed by atoms with van der Waals surface area (Å²) in [6, 6.07) is 5.32. The van der Waals surface area contributed by atoms with Crippen molar-refractivity contribution in [3.63, 3.8) is 0 Å². The van der Waals surface area contributed by atoms with Gasteiger partial charge in [0.25, 0.3) is 0 Å². The lowest BCUT2D eigenvalue weighted by molar-refractivity contribution is 0.397. The number of hydrogen-bond donors (Lipinski definition) is 3. The second kappa shape index (κ2) is 10.4. The molecule has 5 N–H and O–H groups in total. The number of nitrogens with one attached hydrogen (secondary N) is 1. The highest BCUT2D eigenvalue weighted by Crippen LogP contribution is 2.22. The van der Waals surface area contributed by atoms with Crippen LogP contribution in [0, 0.1) is 0 Å². The fraction of sp³-hybridized carbons (Fsp3) is 0.286. The van der Waals surface area contributed by atoms with Crippen molar-refractivity contribution in [1.29, 1.82) is 0 Å². The largest absolute Gasteiger partial charge is 0.383 e. The third kappa shape index (κ3) is 6.48. The number of aromatic nitrogens is 2. The molecule has 0 fully saturated rings. The first-order chi connectivity index (χ1) is 13.8. The van der Waals surface area contributed by atoms with E-state index in [4.69, 9.17) is 11.6 Å². The fourth-order valence-corrected chi connectivity index (χ4v) is 2.78. The van der Waals surface area contributed by atoms with Crippen LogP contribution in [0.1, 0.15) is 24.6 Å². The first-order valence-electron chi connectivity index (χ1n) is 9.19. The van der Waals surface area contributed by atoms with Crippen molar-refractivity contribution < 1.29 is 4.39 Å². The molecule has 154 valence electrons. The molecule has 0 aliphatic rings. The highest BCUT2D eigenvalue weighted by atomic mass is 19.1.